The molecule has 0 bridgehead atoms. The quantitative estimate of drug-likeness (QED) is 0.803. The minimum absolute atomic E-state index is 0.329. The van der Waals surface area contributed by atoms with Gasteiger partial charge in [0.2, 0.25) is 0 Å². The lowest BCUT2D eigenvalue weighted by molar-refractivity contribution is 0.612. The Morgan fingerprint density at radius 2 is 1.95 bits per heavy atom. The van der Waals surface area contributed by atoms with Gasteiger partial charge >= 0.3 is 0 Å². The first-order chi connectivity index (χ1) is 8.99. The first kappa shape index (κ1) is 14.8. The van der Waals surface area contributed by atoms with E-state index in [1.165, 1.54) is 6.07 Å². The van der Waals surface area contributed by atoms with Crippen LogP contribution in [0, 0.1) is 5.82 Å². The van der Waals surface area contributed by atoms with Crippen molar-refractivity contribution in [2.45, 2.75) is 12.5 Å². The molecule has 5 heteroatoms. The highest BCUT2D eigenvalue weighted by atomic mass is 79.9. The Labute approximate surface area is 129 Å². The minimum Gasteiger partial charge on any atom is -0.324 e. The highest BCUT2D eigenvalue weighted by Gasteiger charge is 2.12. The third-order valence-electron chi connectivity index (χ3n) is 2.84. The minimum atomic E-state index is -0.335. The van der Waals surface area contributed by atoms with E-state index in [9.17, 15) is 4.39 Å². The molecule has 0 aliphatic heterocycles. The number of nitrogens with two attached hydrogens (primary N) is 1. The zero-order valence-corrected chi connectivity index (χ0v) is 12.9. The van der Waals surface area contributed by atoms with Crippen LogP contribution in [0.4, 0.5) is 4.39 Å². The average molecular weight is 363 g/mol. The van der Waals surface area contributed by atoms with Gasteiger partial charge in [0.05, 0.1) is 14.5 Å². The molecule has 2 N–H and O–H groups in total. The molecule has 1 nitrogen and oxygen atoms in total. The monoisotopic (exact) mass is 361 g/mol. The maximum Gasteiger partial charge on any atom is 0.137 e. The summed E-state index contributed by atoms with van der Waals surface area (Å²) in [4.78, 5) is 0. The summed E-state index contributed by atoms with van der Waals surface area (Å²) in [7, 11) is 0. The number of hydrogen-bond acceptors (Lipinski definition) is 1. The molecule has 2 aromatic rings. The van der Waals surface area contributed by atoms with E-state index in [0.717, 1.165) is 11.1 Å². The van der Waals surface area contributed by atoms with Crippen molar-refractivity contribution in [3.05, 3.63) is 67.9 Å². The summed E-state index contributed by atoms with van der Waals surface area (Å²) in [6, 6.07) is 9.92. The lowest BCUT2D eigenvalue weighted by Gasteiger charge is -2.14. The lowest BCUT2D eigenvalue weighted by Crippen LogP contribution is -2.14. The highest BCUT2D eigenvalue weighted by Crippen LogP contribution is 2.29. The molecule has 0 amide bonds. The van der Waals surface area contributed by atoms with Crippen molar-refractivity contribution in [1.29, 1.82) is 0 Å². The van der Waals surface area contributed by atoms with Gasteiger partial charge in [0.1, 0.15) is 5.82 Å². The average Bonchev–Trinajstić information content (AvgIpc) is 2.38. The van der Waals surface area contributed by atoms with Gasteiger partial charge in [-0.2, -0.15) is 0 Å². The second-order valence-corrected chi connectivity index (χ2v) is 5.84. The first-order valence-electron chi connectivity index (χ1n) is 5.62. The molecule has 0 saturated heterocycles. The number of halogens is 4. The molecule has 0 spiro atoms. The predicted molar refractivity (Wildman–Crippen MR) is 81.2 cm³/mol. The van der Waals surface area contributed by atoms with Crippen LogP contribution in [-0.2, 0) is 6.42 Å². The zero-order chi connectivity index (χ0) is 14.0. The van der Waals surface area contributed by atoms with Gasteiger partial charge in [-0.25, -0.2) is 4.39 Å². The van der Waals surface area contributed by atoms with Crippen LogP contribution in [0.3, 0.4) is 0 Å². The molecule has 1 unspecified atom stereocenters. The third kappa shape index (κ3) is 3.48. The zero-order valence-electron chi connectivity index (χ0n) is 9.84. The van der Waals surface area contributed by atoms with Gasteiger partial charge in [-0.05, 0) is 51.7 Å². The van der Waals surface area contributed by atoms with Crippen molar-refractivity contribution in [2.75, 3.05) is 0 Å². The molecule has 0 aliphatic carbocycles. The summed E-state index contributed by atoms with van der Waals surface area (Å²) >= 11 is 15.2. The SMILES string of the molecule is NC(Cc1cccc(Cl)c1Cl)c1ccc(Br)c(F)c1. The van der Waals surface area contributed by atoms with Gasteiger partial charge in [-0.15, -0.1) is 0 Å². The summed E-state index contributed by atoms with van der Waals surface area (Å²) < 4.78 is 13.9. The van der Waals surface area contributed by atoms with E-state index >= 15 is 0 Å². The molecule has 0 fully saturated rings. The first-order valence-corrected chi connectivity index (χ1v) is 7.17. The Kier molecular flexibility index (Phi) is 4.85. The summed E-state index contributed by atoms with van der Waals surface area (Å²) in [5, 5.41) is 0.991. The molecule has 1 atom stereocenters. The van der Waals surface area contributed by atoms with E-state index in [1.54, 1.807) is 18.2 Å². The van der Waals surface area contributed by atoms with E-state index in [-0.39, 0.29) is 11.9 Å². The fourth-order valence-electron chi connectivity index (χ4n) is 1.80. The maximum atomic E-state index is 13.5. The Hall–Kier alpha value is -0.610. The van der Waals surface area contributed by atoms with Crippen LogP contribution < -0.4 is 5.73 Å². The van der Waals surface area contributed by atoms with Crippen molar-refractivity contribution in [3.8, 4) is 0 Å². The van der Waals surface area contributed by atoms with Crippen molar-refractivity contribution in [1.82, 2.24) is 0 Å². The summed E-state index contributed by atoms with van der Waals surface area (Å²) in [5.41, 5.74) is 7.65. The molecule has 0 aromatic heterocycles. The molecule has 2 rings (SSSR count). The van der Waals surface area contributed by atoms with Gasteiger partial charge in [0, 0.05) is 6.04 Å². The molecule has 2 aromatic carbocycles. The third-order valence-corrected chi connectivity index (χ3v) is 4.34. The van der Waals surface area contributed by atoms with E-state index in [4.69, 9.17) is 28.9 Å². The normalized spacial score (nSPS) is 12.5. The van der Waals surface area contributed by atoms with Crippen molar-refractivity contribution in [2.24, 2.45) is 5.73 Å². The summed E-state index contributed by atoms with van der Waals surface area (Å²) in [6.45, 7) is 0. The Morgan fingerprint density at radius 3 is 2.63 bits per heavy atom. The molecule has 0 radical (unpaired) electrons. The highest BCUT2D eigenvalue weighted by molar-refractivity contribution is 9.10. The van der Waals surface area contributed by atoms with Gasteiger partial charge in [-0.1, -0.05) is 41.4 Å². The fraction of sp³-hybridized carbons (Fsp3) is 0.143. The van der Waals surface area contributed by atoms with Crippen molar-refractivity contribution >= 4 is 39.1 Å². The number of benzene rings is 2. The van der Waals surface area contributed by atoms with Crippen LogP contribution in [0.2, 0.25) is 10.0 Å². The Balaban J connectivity index is 2.23. The topological polar surface area (TPSA) is 26.0 Å². The molecule has 0 heterocycles. The standard InChI is InChI=1S/C14H11BrCl2FN/c15-10-5-4-8(6-12(10)18)13(19)7-9-2-1-3-11(16)14(9)17/h1-6,13H,7,19H2. The van der Waals surface area contributed by atoms with Gasteiger partial charge in [-0.3, -0.25) is 0 Å². The van der Waals surface area contributed by atoms with Crippen LogP contribution in [0.1, 0.15) is 17.2 Å². The maximum absolute atomic E-state index is 13.5. The number of hydrogen-bond donors (Lipinski definition) is 1. The van der Waals surface area contributed by atoms with Gasteiger partial charge in [0.25, 0.3) is 0 Å². The molecule has 0 saturated carbocycles. The van der Waals surface area contributed by atoms with E-state index in [1.807, 2.05) is 12.1 Å². The second kappa shape index (κ2) is 6.23. The van der Waals surface area contributed by atoms with E-state index in [2.05, 4.69) is 15.9 Å². The Bertz CT molecular complexity index is 604. The van der Waals surface area contributed by atoms with Crippen LogP contribution >= 0.6 is 39.1 Å². The summed E-state index contributed by atoms with van der Waals surface area (Å²) in [6.07, 6.45) is 0.500. The van der Waals surface area contributed by atoms with E-state index < -0.39 is 0 Å². The molecule has 19 heavy (non-hydrogen) atoms. The van der Waals surface area contributed by atoms with Crippen LogP contribution in [-0.4, -0.2) is 0 Å². The molecular weight excluding hydrogens is 352 g/mol. The largest absolute Gasteiger partial charge is 0.324 e. The van der Waals surface area contributed by atoms with E-state index in [0.29, 0.717) is 20.9 Å². The van der Waals surface area contributed by atoms with Crippen LogP contribution in [0.5, 0.6) is 0 Å². The predicted octanol–water partition coefficient (Wildman–Crippen LogP) is 5.14. The fourth-order valence-corrected chi connectivity index (χ4v) is 2.45. The van der Waals surface area contributed by atoms with Crippen molar-refractivity contribution < 1.29 is 4.39 Å². The molecular formula is C14H11BrCl2FN. The second-order valence-electron chi connectivity index (χ2n) is 4.20. The van der Waals surface area contributed by atoms with Gasteiger partial charge < -0.3 is 5.73 Å². The van der Waals surface area contributed by atoms with Crippen molar-refractivity contribution in [3.63, 3.8) is 0 Å². The van der Waals surface area contributed by atoms with Crippen LogP contribution in [0.15, 0.2) is 40.9 Å². The lowest BCUT2D eigenvalue weighted by atomic mass is 9.99. The van der Waals surface area contributed by atoms with Gasteiger partial charge in [0.15, 0.2) is 0 Å². The Morgan fingerprint density at radius 1 is 1.21 bits per heavy atom. The molecule has 100 valence electrons. The smallest absolute Gasteiger partial charge is 0.137 e. The van der Waals surface area contributed by atoms with Crippen LogP contribution in [0.25, 0.3) is 0 Å². The summed E-state index contributed by atoms with van der Waals surface area (Å²) in [5.74, 6) is -0.329. The molecule has 0 aliphatic rings. The number of rotatable bonds is 3.